The zero-order valence-corrected chi connectivity index (χ0v) is 17.1. The molecule has 0 aromatic heterocycles. The van der Waals surface area contributed by atoms with Crippen LogP contribution in [0.4, 0.5) is 4.39 Å². The second-order valence-electron chi connectivity index (χ2n) is 6.45. The van der Waals surface area contributed by atoms with Crippen LogP contribution in [0.25, 0.3) is 0 Å². The Morgan fingerprint density at radius 2 is 1.89 bits per heavy atom. The van der Waals surface area contributed by atoms with Crippen molar-refractivity contribution in [1.82, 2.24) is 10.6 Å². The van der Waals surface area contributed by atoms with Crippen molar-refractivity contribution in [3.63, 3.8) is 0 Å². The summed E-state index contributed by atoms with van der Waals surface area (Å²) in [5.41, 5.74) is 1.42. The molecule has 28 heavy (non-hydrogen) atoms. The Hall–Kier alpha value is -1.86. The van der Waals surface area contributed by atoms with E-state index in [0.29, 0.717) is 41.8 Å². The van der Waals surface area contributed by atoms with E-state index in [2.05, 4.69) is 10.6 Å². The van der Waals surface area contributed by atoms with Crippen molar-refractivity contribution >= 4 is 11.6 Å². The van der Waals surface area contributed by atoms with Gasteiger partial charge in [-0.1, -0.05) is 29.8 Å². The second-order valence-corrected chi connectivity index (χ2v) is 6.86. The van der Waals surface area contributed by atoms with Crippen molar-refractivity contribution in [3.05, 3.63) is 58.4 Å². The molecule has 154 valence electrons. The van der Waals surface area contributed by atoms with Crippen LogP contribution in [0.1, 0.15) is 25.0 Å². The third-order valence-electron chi connectivity index (χ3n) is 3.95. The minimum absolute atomic E-state index is 0.0685. The highest BCUT2D eigenvalue weighted by Crippen LogP contribution is 2.37. The van der Waals surface area contributed by atoms with E-state index in [0.717, 1.165) is 18.7 Å². The van der Waals surface area contributed by atoms with E-state index in [4.69, 9.17) is 21.1 Å². The molecular weight excluding hydrogens is 383 g/mol. The Bertz CT molecular complexity index is 744. The minimum atomic E-state index is -0.357. The summed E-state index contributed by atoms with van der Waals surface area (Å²) in [6, 6.07) is 10.2. The molecule has 0 saturated carbocycles. The molecule has 2 aromatic carbocycles. The molecule has 2 rings (SSSR count). The number of rotatable bonds is 12. The zero-order valence-electron chi connectivity index (χ0n) is 16.3. The Morgan fingerprint density at radius 3 is 2.61 bits per heavy atom. The summed E-state index contributed by atoms with van der Waals surface area (Å²) < 4.78 is 25.3. The van der Waals surface area contributed by atoms with Crippen LogP contribution in [0.3, 0.4) is 0 Å². The standard InChI is InChI=1S/C21H28ClFN2O3/c1-3-27-20-11-16(13-25-9-8-24-12-15(2)26)10-18(22)21(20)28-14-17-6-4-5-7-19(17)23/h4-7,10-11,15,24-26H,3,8-9,12-14H2,1-2H3/t15-/m1/s1. The fourth-order valence-electron chi connectivity index (χ4n) is 2.61. The van der Waals surface area contributed by atoms with Crippen LogP contribution in [-0.4, -0.2) is 37.5 Å². The molecule has 0 heterocycles. The molecule has 0 aliphatic heterocycles. The predicted octanol–water partition coefficient (Wildman–Crippen LogP) is 3.52. The Labute approximate surface area is 170 Å². The van der Waals surface area contributed by atoms with Gasteiger partial charge in [0.2, 0.25) is 0 Å². The topological polar surface area (TPSA) is 62.8 Å². The van der Waals surface area contributed by atoms with Crippen LogP contribution in [-0.2, 0) is 13.2 Å². The molecule has 0 aliphatic rings. The third-order valence-corrected chi connectivity index (χ3v) is 4.23. The van der Waals surface area contributed by atoms with E-state index >= 15 is 0 Å². The summed E-state index contributed by atoms with van der Waals surface area (Å²) in [5.74, 6) is 0.631. The first-order chi connectivity index (χ1) is 13.5. The van der Waals surface area contributed by atoms with Gasteiger partial charge in [-0.05, 0) is 37.6 Å². The summed E-state index contributed by atoms with van der Waals surface area (Å²) in [5, 5.41) is 16.1. The molecule has 3 N–H and O–H groups in total. The Kier molecular flexibility index (Phi) is 9.50. The maximum absolute atomic E-state index is 13.8. The first kappa shape index (κ1) is 22.4. The molecule has 0 bridgehead atoms. The molecule has 0 aliphatic carbocycles. The van der Waals surface area contributed by atoms with Gasteiger partial charge in [0.15, 0.2) is 11.5 Å². The molecule has 0 fully saturated rings. The van der Waals surface area contributed by atoms with E-state index in [-0.39, 0.29) is 18.5 Å². The van der Waals surface area contributed by atoms with Crippen LogP contribution in [0.5, 0.6) is 11.5 Å². The van der Waals surface area contributed by atoms with Gasteiger partial charge in [-0.25, -0.2) is 4.39 Å². The van der Waals surface area contributed by atoms with Crippen molar-refractivity contribution in [3.8, 4) is 11.5 Å². The molecule has 0 saturated heterocycles. The maximum atomic E-state index is 13.8. The fraction of sp³-hybridized carbons (Fsp3) is 0.429. The average Bonchev–Trinajstić information content (AvgIpc) is 2.65. The van der Waals surface area contributed by atoms with Gasteiger partial charge in [-0.3, -0.25) is 0 Å². The number of hydrogen-bond acceptors (Lipinski definition) is 5. The van der Waals surface area contributed by atoms with Gasteiger partial charge in [0.1, 0.15) is 12.4 Å². The average molecular weight is 411 g/mol. The van der Waals surface area contributed by atoms with E-state index in [1.165, 1.54) is 6.07 Å². The van der Waals surface area contributed by atoms with Gasteiger partial charge >= 0.3 is 0 Å². The highest BCUT2D eigenvalue weighted by molar-refractivity contribution is 6.32. The van der Waals surface area contributed by atoms with Crippen LogP contribution < -0.4 is 20.1 Å². The molecule has 0 radical (unpaired) electrons. The molecule has 0 amide bonds. The lowest BCUT2D eigenvalue weighted by Gasteiger charge is -2.16. The van der Waals surface area contributed by atoms with Crippen LogP contribution in [0, 0.1) is 5.82 Å². The van der Waals surface area contributed by atoms with Crippen molar-refractivity contribution in [1.29, 1.82) is 0 Å². The number of ether oxygens (including phenoxy) is 2. The molecule has 2 aromatic rings. The first-order valence-corrected chi connectivity index (χ1v) is 9.80. The number of nitrogens with one attached hydrogen (secondary N) is 2. The highest BCUT2D eigenvalue weighted by Gasteiger charge is 2.14. The van der Waals surface area contributed by atoms with Crippen LogP contribution >= 0.6 is 11.6 Å². The Balaban J connectivity index is 1.97. The van der Waals surface area contributed by atoms with Gasteiger partial charge in [0.05, 0.1) is 17.7 Å². The summed E-state index contributed by atoms with van der Waals surface area (Å²) in [6.07, 6.45) is -0.357. The summed E-state index contributed by atoms with van der Waals surface area (Å²) in [7, 11) is 0. The largest absolute Gasteiger partial charge is 0.490 e. The lowest BCUT2D eigenvalue weighted by atomic mass is 10.2. The van der Waals surface area contributed by atoms with Crippen molar-refractivity contribution < 1.29 is 19.0 Å². The monoisotopic (exact) mass is 410 g/mol. The number of aliphatic hydroxyl groups is 1. The lowest BCUT2D eigenvalue weighted by Crippen LogP contribution is -2.31. The van der Waals surface area contributed by atoms with Crippen molar-refractivity contribution in [2.45, 2.75) is 33.1 Å². The molecule has 7 heteroatoms. The van der Waals surface area contributed by atoms with Crippen molar-refractivity contribution in [2.24, 2.45) is 0 Å². The summed E-state index contributed by atoms with van der Waals surface area (Å²) in [4.78, 5) is 0. The third kappa shape index (κ3) is 7.28. The molecule has 1 atom stereocenters. The number of aliphatic hydroxyl groups excluding tert-OH is 1. The van der Waals surface area contributed by atoms with Gasteiger partial charge in [-0.15, -0.1) is 0 Å². The van der Waals surface area contributed by atoms with Gasteiger partial charge in [0, 0.05) is 31.7 Å². The van der Waals surface area contributed by atoms with E-state index < -0.39 is 0 Å². The number of hydrogen-bond donors (Lipinski definition) is 3. The van der Waals surface area contributed by atoms with Gasteiger partial charge < -0.3 is 25.2 Å². The molecule has 0 unspecified atom stereocenters. The predicted molar refractivity (Wildman–Crippen MR) is 110 cm³/mol. The SMILES string of the molecule is CCOc1cc(CNCCNC[C@@H](C)O)cc(Cl)c1OCc1ccccc1F. The minimum Gasteiger partial charge on any atom is -0.490 e. The highest BCUT2D eigenvalue weighted by atomic mass is 35.5. The quantitative estimate of drug-likeness (QED) is 0.467. The van der Waals surface area contributed by atoms with E-state index in [1.807, 2.05) is 19.1 Å². The smallest absolute Gasteiger partial charge is 0.180 e. The zero-order chi connectivity index (χ0) is 20.4. The summed E-state index contributed by atoms with van der Waals surface area (Å²) in [6.45, 7) is 6.84. The number of benzene rings is 2. The van der Waals surface area contributed by atoms with Crippen LogP contribution in [0.2, 0.25) is 5.02 Å². The molecular formula is C21H28ClFN2O3. The maximum Gasteiger partial charge on any atom is 0.180 e. The van der Waals surface area contributed by atoms with E-state index in [1.54, 1.807) is 25.1 Å². The second kappa shape index (κ2) is 11.9. The van der Waals surface area contributed by atoms with Crippen molar-refractivity contribution in [2.75, 3.05) is 26.2 Å². The normalized spacial score (nSPS) is 12.0. The molecule has 0 spiro atoms. The van der Waals surface area contributed by atoms with Crippen LogP contribution in [0.15, 0.2) is 36.4 Å². The van der Waals surface area contributed by atoms with Gasteiger partial charge in [0.25, 0.3) is 0 Å². The fourth-order valence-corrected chi connectivity index (χ4v) is 2.90. The molecule has 5 nitrogen and oxygen atoms in total. The number of halogens is 2. The Morgan fingerprint density at radius 1 is 1.14 bits per heavy atom. The first-order valence-electron chi connectivity index (χ1n) is 9.42. The summed E-state index contributed by atoms with van der Waals surface area (Å²) >= 11 is 6.41. The van der Waals surface area contributed by atoms with E-state index in [9.17, 15) is 9.50 Å². The van der Waals surface area contributed by atoms with Gasteiger partial charge in [-0.2, -0.15) is 0 Å². The lowest BCUT2D eigenvalue weighted by molar-refractivity contribution is 0.191.